The zero-order valence-electron chi connectivity index (χ0n) is 11.8. The van der Waals surface area contributed by atoms with E-state index in [1.165, 1.54) is 23.5 Å². The van der Waals surface area contributed by atoms with Crippen LogP contribution in [0.15, 0.2) is 18.2 Å². The van der Waals surface area contributed by atoms with Crippen molar-refractivity contribution in [3.8, 4) is 10.6 Å². The van der Waals surface area contributed by atoms with Gasteiger partial charge in [-0.1, -0.05) is 13.8 Å². The number of rotatable bonds is 5. The molecule has 1 heterocycles. The van der Waals surface area contributed by atoms with Crippen LogP contribution in [0.1, 0.15) is 24.4 Å². The van der Waals surface area contributed by atoms with Crippen molar-refractivity contribution in [2.45, 2.75) is 26.8 Å². The van der Waals surface area contributed by atoms with Gasteiger partial charge < -0.3 is 5.32 Å². The van der Waals surface area contributed by atoms with Crippen LogP contribution >= 0.6 is 11.3 Å². The molecular weight excluding hydrogens is 278 g/mol. The quantitative estimate of drug-likeness (QED) is 0.902. The second kappa shape index (κ2) is 6.41. The highest BCUT2D eigenvalue weighted by Crippen LogP contribution is 2.31. The van der Waals surface area contributed by atoms with Crippen molar-refractivity contribution < 1.29 is 8.78 Å². The maximum atomic E-state index is 13.8. The molecule has 0 aliphatic rings. The summed E-state index contributed by atoms with van der Waals surface area (Å²) in [7, 11) is 1.87. The topological polar surface area (TPSA) is 24.9 Å². The molecule has 0 aliphatic heterocycles. The van der Waals surface area contributed by atoms with Crippen molar-refractivity contribution in [2.75, 3.05) is 7.05 Å². The lowest BCUT2D eigenvalue weighted by molar-refractivity contribution is 0.585. The van der Waals surface area contributed by atoms with Crippen LogP contribution < -0.4 is 5.32 Å². The van der Waals surface area contributed by atoms with Crippen molar-refractivity contribution in [2.24, 2.45) is 5.92 Å². The minimum absolute atomic E-state index is 0.365. The van der Waals surface area contributed by atoms with E-state index < -0.39 is 11.6 Å². The highest BCUT2D eigenvalue weighted by atomic mass is 32.1. The summed E-state index contributed by atoms with van der Waals surface area (Å²) in [5.41, 5.74) is 1.36. The van der Waals surface area contributed by atoms with E-state index in [9.17, 15) is 8.78 Å². The van der Waals surface area contributed by atoms with E-state index in [-0.39, 0.29) is 0 Å². The summed E-state index contributed by atoms with van der Waals surface area (Å²) in [5.74, 6) is -0.648. The summed E-state index contributed by atoms with van der Waals surface area (Å²) in [6.45, 7) is 4.96. The normalized spacial score (nSPS) is 11.3. The van der Waals surface area contributed by atoms with Gasteiger partial charge in [-0.15, -0.1) is 11.3 Å². The Morgan fingerprint density at radius 2 is 2.05 bits per heavy atom. The summed E-state index contributed by atoms with van der Waals surface area (Å²) in [5, 5.41) is 3.72. The molecule has 5 heteroatoms. The molecule has 0 saturated heterocycles. The molecule has 1 aromatic heterocycles. The molecular formula is C15H18F2N2S. The molecule has 20 heavy (non-hydrogen) atoms. The van der Waals surface area contributed by atoms with Crippen LogP contribution in [0.4, 0.5) is 8.78 Å². The molecule has 1 N–H and O–H groups in total. The number of hydrogen-bond donors (Lipinski definition) is 1. The summed E-state index contributed by atoms with van der Waals surface area (Å²) in [6.07, 6.45) is 0.857. The first-order chi connectivity index (χ1) is 9.51. The van der Waals surface area contributed by atoms with Gasteiger partial charge in [0.1, 0.15) is 16.6 Å². The molecule has 0 aliphatic carbocycles. The lowest BCUT2D eigenvalue weighted by Crippen LogP contribution is -2.07. The van der Waals surface area contributed by atoms with Crippen molar-refractivity contribution in [1.29, 1.82) is 0 Å². The number of hydrogen-bond acceptors (Lipinski definition) is 3. The summed E-state index contributed by atoms with van der Waals surface area (Å²) in [4.78, 5) is 5.66. The van der Waals surface area contributed by atoms with Crippen molar-refractivity contribution in [3.05, 3.63) is 40.4 Å². The van der Waals surface area contributed by atoms with Crippen LogP contribution in [0.25, 0.3) is 10.6 Å². The van der Waals surface area contributed by atoms with Crippen LogP contribution in [0.5, 0.6) is 0 Å². The molecule has 0 radical (unpaired) electrons. The monoisotopic (exact) mass is 296 g/mol. The summed E-state index contributed by atoms with van der Waals surface area (Å²) in [6, 6.07) is 3.61. The Labute approximate surface area is 121 Å². The molecule has 1 aromatic carbocycles. The molecule has 0 amide bonds. The molecule has 0 bridgehead atoms. The van der Waals surface area contributed by atoms with E-state index in [1.807, 2.05) is 7.05 Å². The minimum Gasteiger partial charge on any atom is -0.315 e. The highest BCUT2D eigenvalue weighted by molar-refractivity contribution is 7.15. The fraction of sp³-hybridized carbons (Fsp3) is 0.400. The van der Waals surface area contributed by atoms with Gasteiger partial charge in [0.15, 0.2) is 0 Å². The first-order valence-corrected chi connectivity index (χ1v) is 7.41. The Morgan fingerprint density at radius 3 is 2.65 bits per heavy atom. The number of nitrogens with zero attached hydrogens (tertiary/aromatic N) is 1. The van der Waals surface area contributed by atoms with Crippen LogP contribution in [0.3, 0.4) is 0 Å². The summed E-state index contributed by atoms with van der Waals surface area (Å²) >= 11 is 1.46. The molecule has 2 aromatic rings. The Morgan fingerprint density at radius 1 is 1.30 bits per heavy atom. The Bertz CT molecular complexity index is 594. The number of benzene rings is 1. The van der Waals surface area contributed by atoms with Gasteiger partial charge in [-0.05, 0) is 31.5 Å². The van der Waals surface area contributed by atoms with E-state index in [2.05, 4.69) is 24.1 Å². The first-order valence-electron chi connectivity index (χ1n) is 6.60. The average molecular weight is 296 g/mol. The van der Waals surface area contributed by atoms with E-state index in [0.29, 0.717) is 23.0 Å². The number of thiazole rings is 1. The van der Waals surface area contributed by atoms with E-state index in [4.69, 9.17) is 0 Å². The van der Waals surface area contributed by atoms with E-state index >= 15 is 0 Å². The fourth-order valence-corrected chi connectivity index (χ4v) is 3.13. The Balaban J connectivity index is 2.41. The standard InChI is InChI=1S/C15H18F2N2S/c1-9(2)6-13-14(8-18-3)20-15(19-13)11-5-4-10(16)7-12(11)17/h4-5,7,9,18H,6,8H2,1-3H3. The lowest BCUT2D eigenvalue weighted by Gasteiger charge is -2.03. The Kier molecular flexibility index (Phi) is 4.83. The maximum Gasteiger partial charge on any atom is 0.136 e. The molecule has 0 spiro atoms. The van der Waals surface area contributed by atoms with Crippen LogP contribution in [0, 0.1) is 17.6 Å². The van der Waals surface area contributed by atoms with E-state index in [1.54, 1.807) is 0 Å². The highest BCUT2D eigenvalue weighted by Gasteiger charge is 2.16. The second-order valence-corrected chi connectivity index (χ2v) is 6.22. The minimum atomic E-state index is -0.569. The molecule has 2 nitrogen and oxygen atoms in total. The predicted octanol–water partition coefficient (Wildman–Crippen LogP) is 4.01. The zero-order chi connectivity index (χ0) is 14.7. The molecule has 0 saturated carbocycles. The maximum absolute atomic E-state index is 13.8. The predicted molar refractivity (Wildman–Crippen MR) is 78.8 cm³/mol. The van der Waals surface area contributed by atoms with Gasteiger partial charge in [0.05, 0.1) is 5.69 Å². The van der Waals surface area contributed by atoms with Crippen molar-refractivity contribution in [1.82, 2.24) is 10.3 Å². The molecule has 0 atom stereocenters. The number of halogens is 2. The van der Waals surface area contributed by atoms with Gasteiger partial charge in [0, 0.05) is 23.1 Å². The average Bonchev–Trinajstić information content (AvgIpc) is 2.72. The smallest absolute Gasteiger partial charge is 0.136 e. The third-order valence-electron chi connectivity index (χ3n) is 2.88. The number of nitrogens with one attached hydrogen (secondary N) is 1. The molecule has 0 unspecified atom stereocenters. The van der Waals surface area contributed by atoms with Gasteiger partial charge in [0.25, 0.3) is 0 Å². The molecule has 0 fully saturated rings. The van der Waals surface area contributed by atoms with Crippen LogP contribution in [0.2, 0.25) is 0 Å². The zero-order valence-corrected chi connectivity index (χ0v) is 12.7. The van der Waals surface area contributed by atoms with Gasteiger partial charge in [-0.2, -0.15) is 0 Å². The van der Waals surface area contributed by atoms with Crippen LogP contribution in [-0.2, 0) is 13.0 Å². The molecule has 2 rings (SSSR count). The fourth-order valence-electron chi connectivity index (χ4n) is 2.01. The largest absolute Gasteiger partial charge is 0.315 e. The third kappa shape index (κ3) is 3.41. The first kappa shape index (κ1) is 15.1. The second-order valence-electron chi connectivity index (χ2n) is 5.14. The van der Waals surface area contributed by atoms with Crippen LogP contribution in [-0.4, -0.2) is 12.0 Å². The van der Waals surface area contributed by atoms with Gasteiger partial charge in [0.2, 0.25) is 0 Å². The summed E-state index contributed by atoms with van der Waals surface area (Å²) < 4.78 is 26.8. The van der Waals surface area contributed by atoms with Gasteiger partial charge >= 0.3 is 0 Å². The lowest BCUT2D eigenvalue weighted by atomic mass is 10.1. The third-order valence-corrected chi connectivity index (χ3v) is 4.01. The van der Waals surface area contributed by atoms with Gasteiger partial charge in [-0.3, -0.25) is 0 Å². The van der Waals surface area contributed by atoms with Crippen molar-refractivity contribution >= 4 is 11.3 Å². The molecule has 108 valence electrons. The Hall–Kier alpha value is -1.33. The van der Waals surface area contributed by atoms with E-state index in [0.717, 1.165) is 23.1 Å². The van der Waals surface area contributed by atoms with Gasteiger partial charge in [-0.25, -0.2) is 13.8 Å². The van der Waals surface area contributed by atoms with Crippen molar-refractivity contribution in [3.63, 3.8) is 0 Å². The number of aromatic nitrogens is 1. The SMILES string of the molecule is CNCc1sc(-c2ccc(F)cc2F)nc1CC(C)C.